The minimum absolute atomic E-state index is 0.110. The topological polar surface area (TPSA) is 73.7 Å². The van der Waals surface area contributed by atoms with Crippen LogP contribution in [0.15, 0.2) is 58.8 Å². The molecule has 1 aromatic carbocycles. The highest BCUT2D eigenvalue weighted by molar-refractivity contribution is 9.10. The highest BCUT2D eigenvalue weighted by Crippen LogP contribution is 2.39. The van der Waals surface area contributed by atoms with E-state index >= 15 is 0 Å². The zero-order valence-electron chi connectivity index (χ0n) is 15.8. The predicted molar refractivity (Wildman–Crippen MR) is 111 cm³/mol. The monoisotopic (exact) mass is 443 g/mol. The van der Waals surface area contributed by atoms with Gasteiger partial charge in [-0.3, -0.25) is 14.6 Å². The highest BCUT2D eigenvalue weighted by Gasteiger charge is 2.45. The van der Waals surface area contributed by atoms with E-state index in [1.807, 2.05) is 43.3 Å². The van der Waals surface area contributed by atoms with Gasteiger partial charge in [-0.05, 0) is 56.9 Å². The van der Waals surface area contributed by atoms with Crippen LogP contribution in [-0.2, 0) is 9.59 Å². The third-order valence-corrected chi connectivity index (χ3v) is 5.16. The van der Waals surface area contributed by atoms with E-state index in [0.717, 1.165) is 23.0 Å². The Labute approximate surface area is 172 Å². The molecule has 146 valence electrons. The van der Waals surface area contributed by atoms with E-state index in [1.54, 1.807) is 17.0 Å². The minimum atomic E-state index is -0.663. The van der Waals surface area contributed by atoms with Gasteiger partial charge in [0, 0.05) is 29.0 Å². The molecule has 0 radical (unpaired) electrons. The van der Waals surface area contributed by atoms with Crippen molar-refractivity contribution in [3.8, 4) is 0 Å². The molecule has 2 aromatic rings. The Balaban J connectivity index is 2.08. The molecule has 1 aliphatic heterocycles. The van der Waals surface area contributed by atoms with E-state index in [2.05, 4.69) is 20.9 Å². The molecule has 2 heterocycles. The molecular weight excluding hydrogens is 422 g/mol. The quantitative estimate of drug-likeness (QED) is 0.421. The smallest absolute Gasteiger partial charge is 0.295 e. The lowest BCUT2D eigenvalue weighted by Gasteiger charge is -2.26. The first-order chi connectivity index (χ1) is 13.4. The molecule has 1 saturated heterocycles. The summed E-state index contributed by atoms with van der Waals surface area (Å²) >= 11 is 3.45. The van der Waals surface area contributed by atoms with Crippen LogP contribution in [-0.4, -0.2) is 58.8 Å². The van der Waals surface area contributed by atoms with Crippen LogP contribution in [0.3, 0.4) is 0 Å². The summed E-state index contributed by atoms with van der Waals surface area (Å²) < 4.78 is 0.841. The van der Waals surface area contributed by atoms with Crippen LogP contribution in [0.2, 0.25) is 0 Å². The summed E-state index contributed by atoms with van der Waals surface area (Å²) in [4.78, 5) is 33.2. The van der Waals surface area contributed by atoms with Gasteiger partial charge in [0.25, 0.3) is 11.7 Å². The van der Waals surface area contributed by atoms with Crippen molar-refractivity contribution < 1.29 is 14.7 Å². The van der Waals surface area contributed by atoms with Crippen LogP contribution >= 0.6 is 15.9 Å². The van der Waals surface area contributed by atoms with Gasteiger partial charge in [0.05, 0.1) is 11.6 Å². The molecule has 1 aromatic heterocycles. The van der Waals surface area contributed by atoms with Crippen LogP contribution in [0.25, 0.3) is 5.76 Å². The molecule has 0 bridgehead atoms. The Kier molecular flexibility index (Phi) is 6.26. The summed E-state index contributed by atoms with van der Waals surface area (Å²) in [6, 6.07) is 10.1. The lowest BCUT2D eigenvalue weighted by Crippen LogP contribution is -2.32. The minimum Gasteiger partial charge on any atom is -0.507 e. The van der Waals surface area contributed by atoms with Gasteiger partial charge < -0.3 is 14.9 Å². The molecule has 28 heavy (non-hydrogen) atoms. The van der Waals surface area contributed by atoms with Crippen molar-refractivity contribution in [1.82, 2.24) is 14.8 Å². The molecule has 1 amide bonds. The molecule has 0 saturated carbocycles. The summed E-state index contributed by atoms with van der Waals surface area (Å²) in [7, 11) is 3.92. The Hall–Kier alpha value is -2.51. The molecular formula is C21H22BrN3O3. The number of nitrogens with zero attached hydrogens (tertiary/aromatic N) is 3. The second-order valence-corrected chi connectivity index (χ2v) is 7.86. The van der Waals surface area contributed by atoms with E-state index in [9.17, 15) is 14.7 Å². The number of aliphatic hydroxyl groups is 1. The van der Waals surface area contributed by atoms with Crippen LogP contribution in [0.4, 0.5) is 0 Å². The van der Waals surface area contributed by atoms with Crippen molar-refractivity contribution in [2.75, 3.05) is 27.2 Å². The maximum Gasteiger partial charge on any atom is 0.295 e. The number of aliphatic hydroxyl groups excluding tert-OH is 1. The molecule has 0 unspecified atom stereocenters. The van der Waals surface area contributed by atoms with Crippen LogP contribution in [0.5, 0.6) is 0 Å². The number of likely N-dealkylation sites (tertiary alicyclic amines) is 1. The number of carbonyl (C=O) groups is 2. The zero-order valence-corrected chi connectivity index (χ0v) is 17.4. The molecule has 1 fully saturated rings. The van der Waals surface area contributed by atoms with Crippen molar-refractivity contribution in [3.05, 3.63) is 70.0 Å². The van der Waals surface area contributed by atoms with E-state index < -0.39 is 17.7 Å². The number of halogens is 1. The van der Waals surface area contributed by atoms with Crippen molar-refractivity contribution in [3.63, 3.8) is 0 Å². The Morgan fingerprint density at radius 3 is 2.57 bits per heavy atom. The molecule has 1 N–H and O–H groups in total. The molecule has 1 atom stereocenters. The number of benzene rings is 1. The number of carbonyl (C=O) groups excluding carboxylic acids is 2. The second-order valence-electron chi connectivity index (χ2n) is 6.94. The van der Waals surface area contributed by atoms with Gasteiger partial charge in [0.15, 0.2) is 0 Å². The normalized spacial score (nSPS) is 18.9. The number of rotatable bonds is 6. The fraction of sp³-hybridized carbons (Fsp3) is 0.286. The predicted octanol–water partition coefficient (Wildman–Crippen LogP) is 3.22. The molecule has 6 nitrogen and oxygen atoms in total. The largest absolute Gasteiger partial charge is 0.507 e. The molecule has 7 heteroatoms. The van der Waals surface area contributed by atoms with Gasteiger partial charge in [0.2, 0.25) is 0 Å². The fourth-order valence-electron chi connectivity index (χ4n) is 3.36. The number of aromatic nitrogens is 1. The summed E-state index contributed by atoms with van der Waals surface area (Å²) in [5, 5.41) is 10.9. The van der Waals surface area contributed by atoms with Crippen molar-refractivity contribution in [2.45, 2.75) is 12.5 Å². The number of hydrogen-bond donors (Lipinski definition) is 1. The van der Waals surface area contributed by atoms with E-state index in [1.165, 1.54) is 12.4 Å². The van der Waals surface area contributed by atoms with Gasteiger partial charge in [0.1, 0.15) is 5.76 Å². The van der Waals surface area contributed by atoms with Crippen molar-refractivity contribution in [2.24, 2.45) is 0 Å². The highest BCUT2D eigenvalue weighted by atomic mass is 79.9. The van der Waals surface area contributed by atoms with Crippen molar-refractivity contribution in [1.29, 1.82) is 0 Å². The molecule has 3 rings (SSSR count). The van der Waals surface area contributed by atoms with Crippen LogP contribution in [0.1, 0.15) is 23.6 Å². The third-order valence-electron chi connectivity index (χ3n) is 4.66. The van der Waals surface area contributed by atoms with Gasteiger partial charge in [-0.15, -0.1) is 0 Å². The summed E-state index contributed by atoms with van der Waals surface area (Å²) in [6.07, 6.45) is 3.80. The first-order valence-corrected chi connectivity index (χ1v) is 9.78. The van der Waals surface area contributed by atoms with Crippen LogP contribution < -0.4 is 0 Å². The number of Topliss-reactive ketones (excluding diaryl/α,β-unsaturated/α-hetero) is 1. The standard InChI is InChI=1S/C21H22BrN3O3/c1-24(2)11-4-12-25-18(15-5-3-6-16(22)13-15)17(20(27)21(25)28)19(26)14-7-9-23-10-8-14/h3,5-10,13,18,26H,4,11-12H2,1-2H3/t18-/m1/s1. The van der Waals surface area contributed by atoms with Crippen molar-refractivity contribution >= 4 is 33.4 Å². The summed E-state index contributed by atoms with van der Waals surface area (Å²) in [6.45, 7) is 1.21. The maximum absolute atomic E-state index is 12.8. The van der Waals surface area contributed by atoms with E-state index in [-0.39, 0.29) is 11.3 Å². The molecule has 0 aliphatic carbocycles. The second kappa shape index (κ2) is 8.67. The SMILES string of the molecule is CN(C)CCCN1C(=O)C(=O)C(=C(O)c2ccncc2)[C@H]1c1cccc(Br)c1. The van der Waals surface area contributed by atoms with E-state index in [4.69, 9.17) is 0 Å². The number of amides is 1. The third kappa shape index (κ3) is 4.15. The average molecular weight is 444 g/mol. The average Bonchev–Trinajstić information content (AvgIpc) is 2.93. The van der Waals surface area contributed by atoms with E-state index in [0.29, 0.717) is 12.1 Å². The number of hydrogen-bond acceptors (Lipinski definition) is 5. The van der Waals surface area contributed by atoms with Crippen LogP contribution in [0, 0.1) is 0 Å². The fourth-order valence-corrected chi connectivity index (χ4v) is 3.77. The summed E-state index contributed by atoms with van der Waals surface area (Å²) in [5.74, 6) is -1.43. The Morgan fingerprint density at radius 1 is 1.21 bits per heavy atom. The Bertz CT molecular complexity index is 912. The molecule has 1 aliphatic rings. The first-order valence-electron chi connectivity index (χ1n) is 8.99. The lowest BCUT2D eigenvalue weighted by molar-refractivity contribution is -0.139. The van der Waals surface area contributed by atoms with Gasteiger partial charge >= 0.3 is 0 Å². The maximum atomic E-state index is 12.8. The van der Waals surface area contributed by atoms with Gasteiger partial charge in [-0.1, -0.05) is 28.1 Å². The van der Waals surface area contributed by atoms with Gasteiger partial charge in [-0.25, -0.2) is 0 Å². The first kappa shape index (κ1) is 20.2. The molecule has 0 spiro atoms. The number of ketones is 1. The number of pyridine rings is 1. The lowest BCUT2D eigenvalue weighted by atomic mass is 9.95. The Morgan fingerprint density at radius 2 is 1.93 bits per heavy atom. The zero-order chi connectivity index (χ0) is 20.3. The van der Waals surface area contributed by atoms with Gasteiger partial charge in [-0.2, -0.15) is 0 Å². The summed E-state index contributed by atoms with van der Waals surface area (Å²) in [5.41, 5.74) is 1.34.